The van der Waals surface area contributed by atoms with E-state index in [1.807, 2.05) is 6.92 Å². The standard InChI is InChI=1S/C12H13N3O4S/c1-7-13-11(6-20-7)15(18)14-9-4-3-8(12(16)17)5-10(9)19-2/h3-6,14,18H,1-2H3,(H,16,17). The Bertz CT molecular complexity index is 629. The molecule has 2 aromatic rings. The van der Waals surface area contributed by atoms with Gasteiger partial charge in [-0.2, -0.15) is 0 Å². The lowest BCUT2D eigenvalue weighted by atomic mass is 10.2. The fraction of sp³-hybridized carbons (Fsp3) is 0.167. The summed E-state index contributed by atoms with van der Waals surface area (Å²) in [6, 6.07) is 4.28. The maximum atomic E-state index is 10.9. The van der Waals surface area contributed by atoms with Crippen LogP contribution in [-0.2, 0) is 0 Å². The van der Waals surface area contributed by atoms with E-state index in [4.69, 9.17) is 9.84 Å². The van der Waals surface area contributed by atoms with Crippen LogP contribution < -0.4 is 15.3 Å². The summed E-state index contributed by atoms with van der Waals surface area (Å²) in [7, 11) is 1.42. The van der Waals surface area contributed by atoms with Gasteiger partial charge in [0.25, 0.3) is 0 Å². The number of rotatable bonds is 5. The van der Waals surface area contributed by atoms with E-state index in [0.29, 0.717) is 17.3 Å². The lowest BCUT2D eigenvalue weighted by Crippen LogP contribution is -2.26. The molecule has 2 rings (SSSR count). The highest BCUT2D eigenvalue weighted by molar-refractivity contribution is 7.09. The molecule has 0 unspecified atom stereocenters. The number of hydrogen-bond donors (Lipinski definition) is 3. The average Bonchev–Trinajstić information content (AvgIpc) is 2.85. The number of nitrogens with one attached hydrogen (secondary N) is 1. The molecule has 7 nitrogen and oxygen atoms in total. The molecule has 3 N–H and O–H groups in total. The minimum atomic E-state index is -1.05. The molecule has 0 bridgehead atoms. The highest BCUT2D eigenvalue weighted by Crippen LogP contribution is 2.27. The molecule has 0 aliphatic heterocycles. The Morgan fingerprint density at radius 2 is 2.25 bits per heavy atom. The lowest BCUT2D eigenvalue weighted by Gasteiger charge is -2.18. The van der Waals surface area contributed by atoms with Crippen molar-refractivity contribution >= 4 is 28.8 Å². The number of benzene rings is 1. The van der Waals surface area contributed by atoms with Gasteiger partial charge in [0.15, 0.2) is 5.82 Å². The summed E-state index contributed by atoms with van der Waals surface area (Å²) >= 11 is 1.40. The van der Waals surface area contributed by atoms with Gasteiger partial charge in [-0.3, -0.25) is 10.6 Å². The topological polar surface area (TPSA) is 94.9 Å². The van der Waals surface area contributed by atoms with Gasteiger partial charge >= 0.3 is 5.97 Å². The van der Waals surface area contributed by atoms with Crippen molar-refractivity contribution in [3.8, 4) is 5.75 Å². The van der Waals surface area contributed by atoms with Gasteiger partial charge in [-0.1, -0.05) is 0 Å². The number of nitrogens with zero attached hydrogens (tertiary/aromatic N) is 2. The second kappa shape index (κ2) is 5.76. The third-order valence-electron chi connectivity index (χ3n) is 2.50. The molecule has 0 amide bonds. The third-order valence-corrected chi connectivity index (χ3v) is 3.26. The molecule has 1 aromatic carbocycles. The van der Waals surface area contributed by atoms with Crippen molar-refractivity contribution in [3.63, 3.8) is 0 Å². The second-order valence-electron chi connectivity index (χ2n) is 3.87. The fourth-order valence-corrected chi connectivity index (χ4v) is 2.11. The van der Waals surface area contributed by atoms with Crippen LogP contribution in [0.25, 0.3) is 0 Å². The number of thiazole rings is 1. The molecule has 0 saturated heterocycles. The third kappa shape index (κ3) is 2.98. The summed E-state index contributed by atoms with van der Waals surface area (Å²) in [6.07, 6.45) is 0. The predicted molar refractivity (Wildman–Crippen MR) is 74.7 cm³/mol. The Balaban J connectivity index is 2.22. The first-order chi connectivity index (χ1) is 9.51. The molecular formula is C12H13N3O4S. The molecule has 20 heavy (non-hydrogen) atoms. The SMILES string of the molecule is COc1cc(C(=O)O)ccc1NN(O)c1csc(C)n1. The van der Waals surface area contributed by atoms with Crippen molar-refractivity contribution in [3.05, 3.63) is 34.2 Å². The largest absolute Gasteiger partial charge is 0.494 e. The number of methoxy groups -OCH3 is 1. The van der Waals surface area contributed by atoms with Gasteiger partial charge in [0.05, 0.1) is 23.4 Å². The van der Waals surface area contributed by atoms with Crippen LogP contribution in [0.5, 0.6) is 5.75 Å². The van der Waals surface area contributed by atoms with Crippen LogP contribution in [0.15, 0.2) is 23.6 Å². The Labute approximate surface area is 119 Å². The van der Waals surface area contributed by atoms with Gasteiger partial charge in [0, 0.05) is 5.38 Å². The molecular weight excluding hydrogens is 282 g/mol. The van der Waals surface area contributed by atoms with E-state index in [-0.39, 0.29) is 5.56 Å². The number of ether oxygens (including phenoxy) is 1. The first kappa shape index (κ1) is 14.1. The van der Waals surface area contributed by atoms with Crippen LogP contribution >= 0.6 is 11.3 Å². The molecule has 1 heterocycles. The number of carbonyl (C=O) groups is 1. The number of aromatic carboxylic acids is 1. The van der Waals surface area contributed by atoms with Crippen molar-refractivity contribution in [1.29, 1.82) is 0 Å². The van der Waals surface area contributed by atoms with E-state index in [2.05, 4.69) is 10.4 Å². The number of aryl methyl sites for hydroxylation is 1. The Kier molecular flexibility index (Phi) is 4.06. The molecule has 8 heteroatoms. The number of carboxylic acids is 1. The number of aromatic nitrogens is 1. The Hall–Kier alpha value is -2.32. The molecule has 0 atom stereocenters. The molecule has 0 saturated carbocycles. The van der Waals surface area contributed by atoms with Gasteiger partial charge in [0.2, 0.25) is 0 Å². The van der Waals surface area contributed by atoms with Crippen molar-refractivity contribution in [2.24, 2.45) is 0 Å². The van der Waals surface area contributed by atoms with Crippen molar-refractivity contribution < 1.29 is 19.8 Å². The maximum absolute atomic E-state index is 10.9. The molecule has 0 aliphatic carbocycles. The number of carboxylic acid groups (broad SMARTS) is 1. The van der Waals surface area contributed by atoms with Crippen LogP contribution in [0.4, 0.5) is 11.5 Å². The summed E-state index contributed by atoms with van der Waals surface area (Å²) in [4.78, 5) is 15.0. The van der Waals surface area contributed by atoms with E-state index in [1.165, 1.54) is 36.6 Å². The van der Waals surface area contributed by atoms with Crippen molar-refractivity contribution in [2.45, 2.75) is 6.92 Å². The lowest BCUT2D eigenvalue weighted by molar-refractivity contribution is 0.0696. The minimum Gasteiger partial charge on any atom is -0.494 e. The summed E-state index contributed by atoms with van der Waals surface area (Å²) in [6.45, 7) is 1.82. The van der Waals surface area contributed by atoms with Crippen molar-refractivity contribution in [2.75, 3.05) is 17.7 Å². The van der Waals surface area contributed by atoms with Gasteiger partial charge in [-0.15, -0.1) is 16.5 Å². The highest BCUT2D eigenvalue weighted by atomic mass is 32.1. The zero-order valence-corrected chi connectivity index (χ0v) is 11.6. The Morgan fingerprint density at radius 1 is 1.50 bits per heavy atom. The number of hydrogen-bond acceptors (Lipinski definition) is 7. The number of anilines is 2. The van der Waals surface area contributed by atoms with E-state index < -0.39 is 5.97 Å². The normalized spacial score (nSPS) is 10.2. The van der Waals surface area contributed by atoms with Crippen molar-refractivity contribution in [1.82, 2.24) is 4.98 Å². The van der Waals surface area contributed by atoms with Gasteiger partial charge in [0.1, 0.15) is 5.75 Å². The van der Waals surface area contributed by atoms with Crippen LogP contribution in [0.2, 0.25) is 0 Å². The predicted octanol–water partition coefficient (Wildman–Crippen LogP) is 2.38. The van der Waals surface area contributed by atoms with Crippen LogP contribution in [0, 0.1) is 6.92 Å². The van der Waals surface area contributed by atoms with E-state index in [1.54, 1.807) is 5.38 Å². The fourth-order valence-electron chi connectivity index (χ4n) is 1.54. The van der Waals surface area contributed by atoms with Gasteiger partial charge in [-0.05, 0) is 25.1 Å². The quantitative estimate of drug-likeness (QED) is 0.729. The van der Waals surface area contributed by atoms with Gasteiger partial charge < -0.3 is 9.84 Å². The molecule has 0 radical (unpaired) electrons. The summed E-state index contributed by atoms with van der Waals surface area (Å²) in [5.41, 5.74) is 3.19. The zero-order chi connectivity index (χ0) is 14.7. The monoisotopic (exact) mass is 295 g/mol. The summed E-state index contributed by atoms with van der Waals surface area (Å²) in [5, 5.41) is 22.0. The second-order valence-corrected chi connectivity index (χ2v) is 4.93. The summed E-state index contributed by atoms with van der Waals surface area (Å²) in [5.74, 6) is -0.404. The van der Waals surface area contributed by atoms with Crippen LogP contribution in [0.3, 0.4) is 0 Å². The van der Waals surface area contributed by atoms with E-state index >= 15 is 0 Å². The van der Waals surface area contributed by atoms with Gasteiger partial charge in [-0.25, -0.2) is 9.78 Å². The summed E-state index contributed by atoms with van der Waals surface area (Å²) < 4.78 is 5.10. The maximum Gasteiger partial charge on any atom is 0.335 e. The molecule has 1 aromatic heterocycles. The molecule has 0 fully saturated rings. The average molecular weight is 295 g/mol. The Morgan fingerprint density at radius 3 is 2.80 bits per heavy atom. The van der Waals surface area contributed by atoms with Crippen LogP contribution in [0.1, 0.15) is 15.4 Å². The minimum absolute atomic E-state index is 0.0985. The zero-order valence-electron chi connectivity index (χ0n) is 10.8. The first-order valence-corrected chi connectivity index (χ1v) is 6.48. The molecule has 0 aliphatic rings. The molecule has 0 spiro atoms. The smallest absolute Gasteiger partial charge is 0.335 e. The molecule has 106 valence electrons. The van der Waals surface area contributed by atoms with E-state index in [9.17, 15) is 10.0 Å². The van der Waals surface area contributed by atoms with Crippen LogP contribution in [-0.4, -0.2) is 28.4 Å². The first-order valence-electron chi connectivity index (χ1n) is 5.60. The number of hydrazine groups is 1. The van der Waals surface area contributed by atoms with E-state index in [0.717, 1.165) is 10.2 Å². The highest BCUT2D eigenvalue weighted by Gasteiger charge is 2.12.